The highest BCUT2D eigenvalue weighted by molar-refractivity contribution is 5.65. The van der Waals surface area contributed by atoms with Gasteiger partial charge < -0.3 is 23.7 Å². The molecule has 6 heteroatoms. The van der Waals surface area contributed by atoms with Gasteiger partial charge in [0.05, 0.1) is 18.8 Å². The average Bonchev–Trinajstić information content (AvgIpc) is 3.31. The SMILES string of the molecule is CC(=O)OC[C@@H](C)[C@H]1CC[C@H]2[C@@H]3CC=C4C[C@@H](OC5CCCCO5)C[C@H](OC5CCCCO5)[C@]4(C)[C@H]3CC[C@]12C. The van der Waals surface area contributed by atoms with Crippen molar-refractivity contribution in [1.82, 2.24) is 0 Å². The Morgan fingerprint density at radius 2 is 1.70 bits per heavy atom. The number of rotatable bonds is 7. The van der Waals surface area contributed by atoms with Crippen molar-refractivity contribution in [2.24, 2.45) is 40.4 Å². The average molecular weight is 559 g/mol. The summed E-state index contributed by atoms with van der Waals surface area (Å²) in [6, 6.07) is 0. The summed E-state index contributed by atoms with van der Waals surface area (Å²) in [5.74, 6) is 2.93. The minimum Gasteiger partial charge on any atom is -0.466 e. The van der Waals surface area contributed by atoms with E-state index in [4.69, 9.17) is 23.7 Å². The van der Waals surface area contributed by atoms with Gasteiger partial charge >= 0.3 is 5.97 Å². The molecule has 2 aliphatic heterocycles. The molecular weight excluding hydrogens is 504 g/mol. The molecule has 5 fully saturated rings. The lowest BCUT2D eigenvalue weighted by molar-refractivity contribution is -0.248. The number of fused-ring (bicyclic) bond motifs is 5. The predicted molar refractivity (Wildman–Crippen MR) is 153 cm³/mol. The Morgan fingerprint density at radius 1 is 0.975 bits per heavy atom. The van der Waals surface area contributed by atoms with Gasteiger partial charge in [-0.05, 0) is 112 Å². The fraction of sp³-hybridized carbons (Fsp3) is 0.912. The van der Waals surface area contributed by atoms with E-state index in [-0.39, 0.29) is 36.2 Å². The van der Waals surface area contributed by atoms with Gasteiger partial charge in [0.2, 0.25) is 0 Å². The molecule has 6 nitrogen and oxygen atoms in total. The number of ether oxygens (including phenoxy) is 5. The molecule has 0 amide bonds. The predicted octanol–water partition coefficient (Wildman–Crippen LogP) is 7.20. The summed E-state index contributed by atoms with van der Waals surface area (Å²) in [6.45, 7) is 11.1. The zero-order chi connectivity index (χ0) is 27.9. The van der Waals surface area contributed by atoms with Crippen LogP contribution in [-0.2, 0) is 28.5 Å². The summed E-state index contributed by atoms with van der Waals surface area (Å²) >= 11 is 0. The maximum Gasteiger partial charge on any atom is 0.302 e. The second kappa shape index (κ2) is 12.0. The Morgan fingerprint density at radius 3 is 2.38 bits per heavy atom. The van der Waals surface area contributed by atoms with Crippen molar-refractivity contribution >= 4 is 5.97 Å². The van der Waals surface area contributed by atoms with Gasteiger partial charge in [-0.1, -0.05) is 32.4 Å². The number of carbonyl (C=O) groups excluding carboxylic acids is 1. The molecule has 0 radical (unpaired) electrons. The van der Waals surface area contributed by atoms with Crippen LogP contribution < -0.4 is 0 Å². The minimum absolute atomic E-state index is 0.0276. The normalized spacial score (nSPS) is 46.0. The fourth-order valence-corrected chi connectivity index (χ4v) is 10.3. The van der Waals surface area contributed by atoms with Gasteiger partial charge in [0, 0.05) is 32.0 Å². The zero-order valence-electron chi connectivity index (χ0n) is 25.5. The van der Waals surface area contributed by atoms with Gasteiger partial charge in [-0.3, -0.25) is 4.79 Å². The number of hydrogen-bond donors (Lipinski definition) is 0. The number of allylic oxidation sites excluding steroid dienone is 1. The third kappa shape index (κ3) is 5.44. The summed E-state index contributed by atoms with van der Waals surface area (Å²) in [6.07, 6.45) is 17.6. The fourth-order valence-electron chi connectivity index (χ4n) is 10.3. The molecule has 11 atom stereocenters. The van der Waals surface area contributed by atoms with Crippen LogP contribution in [0.5, 0.6) is 0 Å². The summed E-state index contributed by atoms with van der Waals surface area (Å²) in [4.78, 5) is 11.5. The third-order valence-corrected chi connectivity index (χ3v) is 12.4. The first kappa shape index (κ1) is 29.1. The van der Waals surface area contributed by atoms with Crippen molar-refractivity contribution in [3.63, 3.8) is 0 Å². The molecule has 6 aliphatic rings. The Bertz CT molecular complexity index is 921. The van der Waals surface area contributed by atoms with Gasteiger partial charge in [0.15, 0.2) is 12.6 Å². The first-order valence-corrected chi connectivity index (χ1v) is 16.7. The summed E-state index contributed by atoms with van der Waals surface area (Å²) in [5, 5.41) is 0. The molecule has 0 aromatic carbocycles. The molecule has 0 aromatic heterocycles. The quantitative estimate of drug-likeness (QED) is 0.243. The lowest BCUT2D eigenvalue weighted by Gasteiger charge is -2.60. The van der Waals surface area contributed by atoms with Crippen molar-refractivity contribution in [2.75, 3.05) is 19.8 Å². The molecule has 226 valence electrons. The highest BCUT2D eigenvalue weighted by Gasteiger charge is 2.62. The van der Waals surface area contributed by atoms with Crippen LogP contribution in [0.25, 0.3) is 0 Å². The summed E-state index contributed by atoms with van der Waals surface area (Å²) < 4.78 is 31.3. The monoisotopic (exact) mass is 558 g/mol. The summed E-state index contributed by atoms with van der Waals surface area (Å²) in [7, 11) is 0. The van der Waals surface area contributed by atoms with Crippen LogP contribution >= 0.6 is 0 Å². The third-order valence-electron chi connectivity index (χ3n) is 12.4. The van der Waals surface area contributed by atoms with E-state index < -0.39 is 0 Å². The van der Waals surface area contributed by atoms with Crippen molar-refractivity contribution in [3.8, 4) is 0 Å². The van der Waals surface area contributed by atoms with Crippen LogP contribution in [0.4, 0.5) is 0 Å². The molecule has 0 spiro atoms. The molecular formula is C34H54O6. The van der Waals surface area contributed by atoms with Gasteiger partial charge in [0.1, 0.15) is 0 Å². The molecule has 2 saturated heterocycles. The second-order valence-electron chi connectivity index (χ2n) is 14.5. The highest BCUT2D eigenvalue weighted by Crippen LogP contribution is 2.67. The Balaban J connectivity index is 1.23. The van der Waals surface area contributed by atoms with E-state index in [0.29, 0.717) is 35.7 Å². The molecule has 2 heterocycles. The minimum atomic E-state index is -0.157. The lowest BCUT2D eigenvalue weighted by Crippen LogP contribution is -2.57. The number of hydrogen-bond acceptors (Lipinski definition) is 6. The lowest BCUT2D eigenvalue weighted by atomic mass is 9.46. The first-order valence-electron chi connectivity index (χ1n) is 16.7. The maximum atomic E-state index is 11.5. The van der Waals surface area contributed by atoms with Gasteiger partial charge in [-0.15, -0.1) is 0 Å². The first-order chi connectivity index (χ1) is 19.3. The largest absolute Gasteiger partial charge is 0.466 e. The van der Waals surface area contributed by atoms with Crippen molar-refractivity contribution in [2.45, 2.75) is 136 Å². The molecule has 0 bridgehead atoms. The van der Waals surface area contributed by atoms with Gasteiger partial charge in [-0.25, -0.2) is 0 Å². The van der Waals surface area contributed by atoms with E-state index in [2.05, 4.69) is 26.8 Å². The van der Waals surface area contributed by atoms with Crippen molar-refractivity contribution in [1.29, 1.82) is 0 Å². The van der Waals surface area contributed by atoms with Crippen LogP contribution in [0.2, 0.25) is 0 Å². The molecule has 4 aliphatic carbocycles. The van der Waals surface area contributed by atoms with E-state index in [1.807, 2.05) is 0 Å². The summed E-state index contributed by atoms with van der Waals surface area (Å²) in [5.41, 5.74) is 1.92. The standard InChI is InChI=1S/C34H54O6/c1-22(21-38-23(2)35)27-13-14-28-26-12-11-24-19-25(39-31-9-5-7-17-36-31)20-30(40-32-10-6-8-18-37-32)34(24,4)29(26)15-16-33(27,28)3/h11,22,25-32H,5-10,12-21H2,1-4H3/t22-,25-,26+,27-,28+,29+,30+,31?,32?,33-,34+/m1/s1. The molecule has 0 N–H and O–H groups in total. The molecule has 0 aromatic rings. The van der Waals surface area contributed by atoms with Crippen LogP contribution in [0.15, 0.2) is 11.6 Å². The van der Waals surface area contributed by atoms with Gasteiger partial charge in [-0.2, -0.15) is 0 Å². The highest BCUT2D eigenvalue weighted by atomic mass is 16.7. The van der Waals surface area contributed by atoms with E-state index in [0.717, 1.165) is 57.7 Å². The number of esters is 1. The Labute approximate surface area is 242 Å². The molecule has 2 unspecified atom stereocenters. The van der Waals surface area contributed by atoms with Crippen LogP contribution in [0.3, 0.4) is 0 Å². The number of carbonyl (C=O) groups is 1. The van der Waals surface area contributed by atoms with Crippen LogP contribution in [0.1, 0.15) is 111 Å². The zero-order valence-corrected chi connectivity index (χ0v) is 25.5. The molecule has 6 rings (SSSR count). The van der Waals surface area contributed by atoms with Crippen molar-refractivity contribution in [3.05, 3.63) is 11.6 Å². The van der Waals surface area contributed by atoms with Crippen LogP contribution in [0, 0.1) is 40.4 Å². The second-order valence-corrected chi connectivity index (χ2v) is 14.5. The Hall–Kier alpha value is -0.950. The van der Waals surface area contributed by atoms with E-state index in [1.165, 1.54) is 51.9 Å². The topological polar surface area (TPSA) is 63.2 Å². The van der Waals surface area contributed by atoms with Crippen molar-refractivity contribution < 1.29 is 28.5 Å². The van der Waals surface area contributed by atoms with Crippen LogP contribution in [-0.4, -0.2) is 50.6 Å². The Kier molecular flexibility index (Phi) is 8.72. The molecule has 3 saturated carbocycles. The van der Waals surface area contributed by atoms with E-state index in [9.17, 15) is 4.79 Å². The maximum absolute atomic E-state index is 11.5. The molecule has 40 heavy (non-hydrogen) atoms. The smallest absolute Gasteiger partial charge is 0.302 e. The van der Waals surface area contributed by atoms with E-state index >= 15 is 0 Å². The van der Waals surface area contributed by atoms with Gasteiger partial charge in [0.25, 0.3) is 0 Å². The van der Waals surface area contributed by atoms with E-state index in [1.54, 1.807) is 5.57 Å².